The van der Waals surface area contributed by atoms with Crippen LogP contribution in [-0.4, -0.2) is 11.6 Å². The topological polar surface area (TPSA) is 34.1 Å². The van der Waals surface area contributed by atoms with E-state index in [-0.39, 0.29) is 17.0 Å². The molecular formula is C17H24O2. The van der Waals surface area contributed by atoms with Crippen molar-refractivity contribution < 1.29 is 9.59 Å². The van der Waals surface area contributed by atoms with Crippen molar-refractivity contribution in [2.75, 3.05) is 0 Å². The van der Waals surface area contributed by atoms with Crippen LogP contribution in [0.3, 0.4) is 0 Å². The maximum atomic E-state index is 11.7. The molecule has 0 aromatic rings. The predicted molar refractivity (Wildman–Crippen MR) is 78.9 cm³/mol. The zero-order valence-corrected chi connectivity index (χ0v) is 12.5. The fraction of sp³-hybridized carbons (Fsp3) is 0.529. The lowest BCUT2D eigenvalue weighted by molar-refractivity contribution is -0.113. The van der Waals surface area contributed by atoms with Gasteiger partial charge in [0.1, 0.15) is 0 Å². The molecule has 2 heteroatoms. The number of carbonyl (C=O) groups excluding carboxylic acids is 2. The Kier molecular flexibility index (Phi) is 5.46. The van der Waals surface area contributed by atoms with Crippen LogP contribution in [0.5, 0.6) is 0 Å². The van der Waals surface area contributed by atoms with Gasteiger partial charge in [0.15, 0.2) is 11.6 Å². The third-order valence-electron chi connectivity index (χ3n) is 3.65. The van der Waals surface area contributed by atoms with Gasteiger partial charge in [-0.15, -0.1) is 0 Å². The fourth-order valence-corrected chi connectivity index (χ4v) is 2.60. The van der Waals surface area contributed by atoms with Gasteiger partial charge in [0.05, 0.1) is 0 Å². The van der Waals surface area contributed by atoms with Crippen LogP contribution in [-0.2, 0) is 9.59 Å². The molecule has 1 aliphatic rings. The molecule has 0 atom stereocenters. The summed E-state index contributed by atoms with van der Waals surface area (Å²) in [6.07, 6.45) is 10.5. The summed E-state index contributed by atoms with van der Waals surface area (Å²) in [6, 6.07) is 0. The van der Waals surface area contributed by atoms with Crippen molar-refractivity contribution in [1.29, 1.82) is 0 Å². The number of allylic oxidation sites excluding steroid dienone is 6. The van der Waals surface area contributed by atoms with Gasteiger partial charge in [0.25, 0.3) is 0 Å². The van der Waals surface area contributed by atoms with Crippen molar-refractivity contribution in [3.05, 3.63) is 35.5 Å². The summed E-state index contributed by atoms with van der Waals surface area (Å²) >= 11 is 0. The SMILES string of the molecule is CC(=O)/C=C/CC(=O)/C=C/C1=C(C)CCCC1(C)C. The number of hydrogen-bond donors (Lipinski definition) is 0. The zero-order valence-electron chi connectivity index (χ0n) is 12.5. The van der Waals surface area contributed by atoms with E-state index in [0.717, 1.165) is 6.42 Å². The number of carbonyl (C=O) groups is 2. The highest BCUT2D eigenvalue weighted by atomic mass is 16.1. The van der Waals surface area contributed by atoms with Crippen LogP contribution in [0.2, 0.25) is 0 Å². The first-order valence-corrected chi connectivity index (χ1v) is 6.91. The Hall–Kier alpha value is -1.44. The van der Waals surface area contributed by atoms with Gasteiger partial charge in [0.2, 0.25) is 0 Å². The average Bonchev–Trinajstić information content (AvgIpc) is 2.26. The van der Waals surface area contributed by atoms with Crippen LogP contribution in [0, 0.1) is 5.41 Å². The quantitative estimate of drug-likeness (QED) is 0.695. The molecule has 0 aromatic heterocycles. The molecule has 0 unspecified atom stereocenters. The minimum atomic E-state index is -0.0243. The van der Waals surface area contributed by atoms with Gasteiger partial charge >= 0.3 is 0 Å². The summed E-state index contributed by atoms with van der Waals surface area (Å²) in [5.41, 5.74) is 2.84. The largest absolute Gasteiger partial charge is 0.295 e. The lowest BCUT2D eigenvalue weighted by atomic mass is 9.72. The highest BCUT2D eigenvalue weighted by Gasteiger charge is 2.26. The molecule has 0 saturated heterocycles. The van der Waals surface area contributed by atoms with Gasteiger partial charge in [-0.2, -0.15) is 0 Å². The van der Waals surface area contributed by atoms with Crippen LogP contribution in [0.25, 0.3) is 0 Å². The summed E-state index contributed by atoms with van der Waals surface area (Å²) in [6.45, 7) is 8.10. The molecule has 0 saturated carbocycles. The van der Waals surface area contributed by atoms with Crippen molar-refractivity contribution >= 4 is 11.6 Å². The summed E-state index contributed by atoms with van der Waals surface area (Å²) in [4.78, 5) is 22.4. The van der Waals surface area contributed by atoms with Gasteiger partial charge in [-0.3, -0.25) is 9.59 Å². The van der Waals surface area contributed by atoms with E-state index in [9.17, 15) is 9.59 Å². The Morgan fingerprint density at radius 3 is 2.53 bits per heavy atom. The van der Waals surface area contributed by atoms with Gasteiger partial charge in [-0.1, -0.05) is 31.6 Å². The van der Waals surface area contributed by atoms with Gasteiger partial charge < -0.3 is 0 Å². The van der Waals surface area contributed by atoms with E-state index in [1.165, 1.54) is 37.0 Å². The second-order valence-electron chi connectivity index (χ2n) is 5.95. The number of rotatable bonds is 5. The molecule has 1 rings (SSSR count). The van der Waals surface area contributed by atoms with Crippen LogP contribution < -0.4 is 0 Å². The Labute approximate surface area is 116 Å². The third-order valence-corrected chi connectivity index (χ3v) is 3.65. The van der Waals surface area contributed by atoms with E-state index >= 15 is 0 Å². The number of hydrogen-bond acceptors (Lipinski definition) is 2. The molecule has 2 nitrogen and oxygen atoms in total. The van der Waals surface area contributed by atoms with Crippen LogP contribution in [0.1, 0.15) is 53.4 Å². The molecule has 0 bridgehead atoms. The van der Waals surface area contributed by atoms with Crippen LogP contribution in [0.4, 0.5) is 0 Å². The zero-order chi connectivity index (χ0) is 14.5. The Bertz CT molecular complexity index is 448. The van der Waals surface area contributed by atoms with Gasteiger partial charge in [0, 0.05) is 6.42 Å². The molecule has 0 aliphatic heterocycles. The second kappa shape index (κ2) is 6.65. The predicted octanol–water partition coefficient (Wildman–Crippen LogP) is 4.17. The summed E-state index contributed by atoms with van der Waals surface area (Å²) in [5.74, 6) is 0.0166. The van der Waals surface area contributed by atoms with E-state index in [0.29, 0.717) is 6.42 Å². The lowest BCUT2D eigenvalue weighted by Crippen LogP contribution is -2.19. The molecule has 0 fully saturated rings. The fourth-order valence-electron chi connectivity index (χ4n) is 2.60. The average molecular weight is 260 g/mol. The van der Waals surface area contributed by atoms with E-state index in [1.54, 1.807) is 12.2 Å². The van der Waals surface area contributed by atoms with Crippen molar-refractivity contribution in [2.24, 2.45) is 5.41 Å². The monoisotopic (exact) mass is 260 g/mol. The minimum absolute atomic E-state index is 0.0243. The molecule has 0 spiro atoms. The van der Waals surface area contributed by atoms with Crippen LogP contribution >= 0.6 is 0 Å². The third kappa shape index (κ3) is 4.98. The molecule has 0 aromatic carbocycles. The highest BCUT2D eigenvalue weighted by Crippen LogP contribution is 2.40. The summed E-state index contributed by atoms with van der Waals surface area (Å²) < 4.78 is 0. The maximum absolute atomic E-state index is 11.7. The molecule has 104 valence electrons. The number of ketones is 2. The van der Waals surface area contributed by atoms with Crippen molar-refractivity contribution in [3.63, 3.8) is 0 Å². The van der Waals surface area contributed by atoms with Crippen molar-refractivity contribution in [1.82, 2.24) is 0 Å². The second-order valence-corrected chi connectivity index (χ2v) is 5.95. The van der Waals surface area contributed by atoms with E-state index in [1.807, 2.05) is 6.08 Å². The summed E-state index contributed by atoms with van der Waals surface area (Å²) in [5, 5.41) is 0. The Morgan fingerprint density at radius 1 is 1.26 bits per heavy atom. The van der Waals surface area contributed by atoms with Gasteiger partial charge in [-0.05, 0) is 56.3 Å². The molecule has 0 heterocycles. The molecule has 0 amide bonds. The molecular weight excluding hydrogens is 236 g/mol. The highest BCUT2D eigenvalue weighted by molar-refractivity contribution is 5.93. The minimum Gasteiger partial charge on any atom is -0.295 e. The lowest BCUT2D eigenvalue weighted by Gasteiger charge is -2.32. The van der Waals surface area contributed by atoms with Crippen molar-refractivity contribution in [3.8, 4) is 0 Å². The first kappa shape index (κ1) is 15.6. The standard InChI is InChI=1S/C17H24O2/c1-13-7-6-12-17(3,4)16(13)11-10-15(19)9-5-8-14(2)18/h5,8,10-11H,6-7,9,12H2,1-4H3/b8-5+,11-10+. The Balaban J connectivity index is 2.70. The van der Waals surface area contributed by atoms with E-state index in [2.05, 4.69) is 20.8 Å². The maximum Gasteiger partial charge on any atom is 0.159 e. The van der Waals surface area contributed by atoms with E-state index < -0.39 is 0 Å². The smallest absolute Gasteiger partial charge is 0.159 e. The van der Waals surface area contributed by atoms with E-state index in [4.69, 9.17) is 0 Å². The first-order valence-electron chi connectivity index (χ1n) is 6.91. The normalized spacial score (nSPS) is 19.4. The molecule has 1 aliphatic carbocycles. The molecule has 0 N–H and O–H groups in total. The molecule has 19 heavy (non-hydrogen) atoms. The first-order chi connectivity index (χ1) is 8.83. The summed E-state index contributed by atoms with van der Waals surface area (Å²) in [7, 11) is 0. The van der Waals surface area contributed by atoms with Crippen molar-refractivity contribution in [2.45, 2.75) is 53.4 Å². The van der Waals surface area contributed by atoms with Gasteiger partial charge in [-0.25, -0.2) is 0 Å². The molecule has 0 radical (unpaired) electrons. The van der Waals surface area contributed by atoms with Crippen LogP contribution in [0.15, 0.2) is 35.5 Å². The Morgan fingerprint density at radius 2 is 1.95 bits per heavy atom.